The van der Waals surface area contributed by atoms with E-state index in [-0.39, 0.29) is 90.1 Å². The van der Waals surface area contributed by atoms with E-state index < -0.39 is 0 Å². The first-order valence-electron chi connectivity index (χ1n) is 12.8. The third kappa shape index (κ3) is 8.50. The number of pyridine rings is 1. The maximum atomic E-state index is 4.85. The van der Waals surface area contributed by atoms with Crippen LogP contribution in [-0.2, 0) is 0 Å². The molecule has 3 heterocycles. The minimum absolute atomic E-state index is 0. The molecule has 1 radical (unpaired) electrons. The molecule has 0 aromatic carbocycles. The van der Waals surface area contributed by atoms with Crippen LogP contribution in [-0.4, -0.2) is 40.2 Å². The SMILES string of the molecule is CCCCCC1=CC2=NC(c3cccc(C4=NC5C=CC(CCCCC)=CC5=N4)n3)=NC2C=C1.[Cl-].[Cl-].[Cl-].[Nd+3]. The van der Waals surface area contributed by atoms with Crippen LogP contribution in [0.2, 0.25) is 0 Å². The zero-order valence-electron chi connectivity index (χ0n) is 21.9. The molecule has 1 aromatic rings. The monoisotopic (exact) mass is 698 g/mol. The second-order valence-electron chi connectivity index (χ2n) is 9.35. The molecule has 0 spiro atoms. The molecule has 2 unspecified atom stereocenters. The minimum atomic E-state index is 0. The van der Waals surface area contributed by atoms with Crippen LogP contribution in [0.25, 0.3) is 0 Å². The van der Waals surface area contributed by atoms with Crippen molar-refractivity contribution in [3.63, 3.8) is 0 Å². The summed E-state index contributed by atoms with van der Waals surface area (Å²) < 4.78 is 0. The van der Waals surface area contributed by atoms with Gasteiger partial charge in [-0.3, -0.25) is 9.98 Å². The van der Waals surface area contributed by atoms with Crippen molar-refractivity contribution >= 4 is 23.1 Å². The van der Waals surface area contributed by atoms with Crippen LogP contribution >= 0.6 is 0 Å². The van der Waals surface area contributed by atoms with Crippen molar-refractivity contribution < 1.29 is 78.1 Å². The van der Waals surface area contributed by atoms with E-state index in [9.17, 15) is 0 Å². The number of hydrogen-bond acceptors (Lipinski definition) is 5. The van der Waals surface area contributed by atoms with Gasteiger partial charge < -0.3 is 37.2 Å². The smallest absolute Gasteiger partial charge is 1.00 e. The van der Waals surface area contributed by atoms with Gasteiger partial charge in [-0.25, -0.2) is 15.0 Å². The molecule has 38 heavy (non-hydrogen) atoms. The molecular formula is C29H33Cl3N5Nd. The van der Waals surface area contributed by atoms with Crippen molar-refractivity contribution in [2.75, 3.05) is 0 Å². The van der Waals surface area contributed by atoms with Crippen LogP contribution in [0, 0.1) is 40.8 Å². The first-order chi connectivity index (χ1) is 16.7. The second-order valence-corrected chi connectivity index (χ2v) is 9.35. The Morgan fingerprint density at radius 3 is 1.53 bits per heavy atom. The molecule has 0 bridgehead atoms. The average Bonchev–Trinajstić information content (AvgIpc) is 3.48. The van der Waals surface area contributed by atoms with Gasteiger partial charge in [0.15, 0.2) is 11.7 Å². The first kappa shape index (κ1) is 35.0. The molecule has 5 nitrogen and oxygen atoms in total. The molecule has 0 saturated carbocycles. The van der Waals surface area contributed by atoms with Crippen molar-refractivity contribution in [2.45, 2.75) is 77.3 Å². The Labute approximate surface area is 278 Å². The molecule has 0 amide bonds. The Morgan fingerprint density at radius 2 is 1.11 bits per heavy atom. The standard InChI is InChI=1S/C29H33N5.3ClH.Nd/c1-3-5-7-10-20-14-16-22-26(18-20)33-28(31-22)24-12-9-13-25(30-24)29-32-23-17-15-21(11-8-6-4-2)19-27(23)34-29;;;;/h9,12-19,22-23H,3-8,10-11H2,1-2H3;3*1H;/q;;;;+3/p-3. The predicted octanol–water partition coefficient (Wildman–Crippen LogP) is -2.61. The van der Waals surface area contributed by atoms with Crippen LogP contribution in [0.5, 0.6) is 0 Å². The van der Waals surface area contributed by atoms with Gasteiger partial charge in [0.1, 0.15) is 23.5 Å². The fraction of sp³-hybridized carbons (Fsp3) is 0.414. The maximum Gasteiger partial charge on any atom is 3.00 e. The Hall–Kier alpha value is -0.989. The van der Waals surface area contributed by atoms with Crippen LogP contribution < -0.4 is 37.2 Å². The van der Waals surface area contributed by atoms with E-state index in [1.165, 1.54) is 49.7 Å². The van der Waals surface area contributed by atoms with E-state index >= 15 is 0 Å². The van der Waals surface area contributed by atoms with Gasteiger partial charge in [-0.15, -0.1) is 0 Å². The number of aromatic nitrogens is 1. The number of hydrogen-bond donors (Lipinski definition) is 0. The zero-order chi connectivity index (χ0) is 23.3. The fourth-order valence-corrected chi connectivity index (χ4v) is 4.65. The van der Waals surface area contributed by atoms with Gasteiger partial charge in [-0.2, -0.15) is 0 Å². The van der Waals surface area contributed by atoms with E-state index in [0.717, 1.165) is 35.7 Å². The molecule has 9 heteroatoms. The number of aliphatic imine (C=N–C) groups is 4. The molecule has 4 aliphatic rings. The molecule has 199 valence electrons. The van der Waals surface area contributed by atoms with Gasteiger partial charge in [-0.1, -0.05) is 69.9 Å². The predicted molar refractivity (Wildman–Crippen MR) is 142 cm³/mol. The second kappa shape index (κ2) is 17.0. The Kier molecular flexibility index (Phi) is 15.6. The normalized spacial score (nSPS) is 20.1. The van der Waals surface area contributed by atoms with Crippen molar-refractivity contribution in [1.29, 1.82) is 0 Å². The number of amidine groups is 2. The molecular weight excluding hydrogens is 669 g/mol. The largest absolute Gasteiger partial charge is 3.00 e. The number of allylic oxidation sites excluding steroid dienone is 4. The van der Waals surface area contributed by atoms with E-state index in [2.05, 4.69) is 50.3 Å². The topological polar surface area (TPSA) is 62.3 Å². The first-order valence-corrected chi connectivity index (χ1v) is 12.8. The third-order valence-corrected chi connectivity index (χ3v) is 6.60. The van der Waals surface area contributed by atoms with Crippen molar-refractivity contribution in [1.82, 2.24) is 4.98 Å². The summed E-state index contributed by atoms with van der Waals surface area (Å²) in [5.41, 5.74) is 6.28. The number of fused-ring (bicyclic) bond motifs is 2. The van der Waals surface area contributed by atoms with Crippen LogP contribution in [0.4, 0.5) is 0 Å². The van der Waals surface area contributed by atoms with Gasteiger partial charge in [0.2, 0.25) is 0 Å². The summed E-state index contributed by atoms with van der Waals surface area (Å²) in [6.07, 6.45) is 22.8. The summed E-state index contributed by atoms with van der Waals surface area (Å²) in [5.74, 6) is 1.39. The average molecular weight is 702 g/mol. The van der Waals surface area contributed by atoms with Gasteiger partial charge in [0.25, 0.3) is 0 Å². The van der Waals surface area contributed by atoms with E-state index in [0.29, 0.717) is 11.7 Å². The summed E-state index contributed by atoms with van der Waals surface area (Å²) in [5, 5.41) is 0. The molecule has 0 fully saturated rings. The van der Waals surface area contributed by atoms with Gasteiger partial charge in [0.05, 0.1) is 11.4 Å². The molecule has 5 rings (SSSR count). The molecule has 0 saturated heterocycles. The van der Waals surface area contributed by atoms with Crippen LogP contribution in [0.3, 0.4) is 0 Å². The van der Waals surface area contributed by atoms with Gasteiger partial charge in [0, 0.05) is 0 Å². The molecule has 2 aliphatic carbocycles. The van der Waals surface area contributed by atoms with Crippen molar-refractivity contribution in [3.05, 3.63) is 77.2 Å². The number of nitrogens with zero attached hydrogens (tertiary/aromatic N) is 5. The van der Waals surface area contributed by atoms with Crippen LogP contribution in [0.1, 0.15) is 76.6 Å². The molecule has 0 N–H and O–H groups in total. The maximum absolute atomic E-state index is 4.85. The summed E-state index contributed by atoms with van der Waals surface area (Å²) in [6.45, 7) is 4.47. The van der Waals surface area contributed by atoms with Crippen molar-refractivity contribution in [3.8, 4) is 0 Å². The van der Waals surface area contributed by atoms with Gasteiger partial charge >= 0.3 is 40.8 Å². The fourth-order valence-electron chi connectivity index (χ4n) is 4.65. The Balaban J connectivity index is 0.00000180. The third-order valence-electron chi connectivity index (χ3n) is 6.60. The Morgan fingerprint density at radius 1 is 0.658 bits per heavy atom. The van der Waals surface area contributed by atoms with E-state index in [1.54, 1.807) is 0 Å². The number of unbranched alkanes of at least 4 members (excludes halogenated alkanes) is 4. The summed E-state index contributed by atoms with van der Waals surface area (Å²) in [4.78, 5) is 24.1. The molecule has 2 atom stereocenters. The minimum Gasteiger partial charge on any atom is -1.00 e. The molecule has 1 aromatic heterocycles. The van der Waals surface area contributed by atoms with Crippen molar-refractivity contribution in [2.24, 2.45) is 20.0 Å². The molecule has 2 aliphatic heterocycles. The summed E-state index contributed by atoms with van der Waals surface area (Å²) >= 11 is 0. The Bertz CT molecular complexity index is 1120. The zero-order valence-corrected chi connectivity index (χ0v) is 27.4. The number of rotatable bonds is 10. The van der Waals surface area contributed by atoms with Crippen LogP contribution in [0.15, 0.2) is 85.8 Å². The van der Waals surface area contributed by atoms with E-state index in [4.69, 9.17) is 25.0 Å². The summed E-state index contributed by atoms with van der Waals surface area (Å²) in [6, 6.07) is 5.95. The van der Waals surface area contributed by atoms with Gasteiger partial charge in [-0.05, 0) is 61.1 Å². The number of halogens is 3. The quantitative estimate of drug-likeness (QED) is 0.247. The summed E-state index contributed by atoms with van der Waals surface area (Å²) in [7, 11) is 0. The van der Waals surface area contributed by atoms with E-state index in [1.807, 2.05) is 18.2 Å².